The monoisotopic (exact) mass is 340 g/mol. The minimum Gasteiger partial charge on any atom is -0.339 e. The molecule has 0 aromatic heterocycles. The fourth-order valence-corrected chi connectivity index (χ4v) is 3.07. The summed E-state index contributed by atoms with van der Waals surface area (Å²) in [5.41, 5.74) is 2.75. The number of anilines is 1. The van der Waals surface area contributed by atoms with Gasteiger partial charge in [-0.3, -0.25) is 9.59 Å². The van der Waals surface area contributed by atoms with Crippen molar-refractivity contribution in [2.24, 2.45) is 0 Å². The van der Waals surface area contributed by atoms with Crippen LogP contribution in [0.3, 0.4) is 0 Å². The molecule has 0 bridgehead atoms. The number of hydrogen-bond acceptors (Lipinski definition) is 2. The third kappa shape index (κ3) is 3.55. The zero-order chi connectivity index (χ0) is 18.0. The molecule has 5 heteroatoms. The lowest BCUT2D eigenvalue weighted by Gasteiger charge is -2.18. The Kier molecular flexibility index (Phi) is 4.83. The number of carbonyl (C=O) groups excluding carboxylic acids is 2. The number of likely N-dealkylation sites (tertiary alicyclic amines) is 1. The van der Waals surface area contributed by atoms with Gasteiger partial charge in [-0.1, -0.05) is 6.07 Å². The Hall–Kier alpha value is -2.69. The van der Waals surface area contributed by atoms with Crippen LogP contribution in [0.25, 0.3) is 0 Å². The van der Waals surface area contributed by atoms with E-state index in [9.17, 15) is 14.0 Å². The lowest BCUT2D eigenvalue weighted by Crippen LogP contribution is -2.28. The molecule has 1 aliphatic heterocycles. The number of hydrogen-bond donors (Lipinski definition) is 1. The molecule has 0 saturated carbocycles. The van der Waals surface area contributed by atoms with E-state index in [0.29, 0.717) is 22.4 Å². The van der Waals surface area contributed by atoms with Gasteiger partial charge in [0.05, 0.1) is 0 Å². The Balaban J connectivity index is 1.82. The van der Waals surface area contributed by atoms with Gasteiger partial charge >= 0.3 is 0 Å². The van der Waals surface area contributed by atoms with Crippen LogP contribution in [0, 0.1) is 19.7 Å². The Morgan fingerprint density at radius 3 is 2.48 bits per heavy atom. The average Bonchev–Trinajstić information content (AvgIpc) is 3.13. The van der Waals surface area contributed by atoms with Crippen LogP contribution in [-0.4, -0.2) is 29.8 Å². The second-order valence-electron chi connectivity index (χ2n) is 6.40. The summed E-state index contributed by atoms with van der Waals surface area (Å²) in [6.07, 6.45) is 2.07. The number of benzene rings is 2. The molecular weight excluding hydrogens is 319 g/mol. The molecule has 0 atom stereocenters. The summed E-state index contributed by atoms with van der Waals surface area (Å²) >= 11 is 0. The Labute approximate surface area is 146 Å². The first-order valence-electron chi connectivity index (χ1n) is 8.44. The zero-order valence-corrected chi connectivity index (χ0v) is 14.4. The molecule has 2 amide bonds. The molecule has 25 heavy (non-hydrogen) atoms. The number of nitrogens with zero attached hydrogens (tertiary/aromatic N) is 1. The molecule has 1 heterocycles. The van der Waals surface area contributed by atoms with E-state index in [-0.39, 0.29) is 17.6 Å². The summed E-state index contributed by atoms with van der Waals surface area (Å²) in [6, 6.07) is 9.57. The molecule has 0 spiro atoms. The van der Waals surface area contributed by atoms with Crippen LogP contribution in [0.1, 0.15) is 44.7 Å². The highest BCUT2D eigenvalue weighted by molar-refractivity contribution is 6.06. The standard InChI is InChI=1S/C20H21FN2O2/c1-13-12-15(8-9-17(13)21)19(24)22-18-7-5-6-16(14(18)2)20(25)23-10-3-4-11-23/h5-9,12H,3-4,10-11H2,1-2H3,(H,22,24). The first-order chi connectivity index (χ1) is 12.0. The number of halogens is 1. The highest BCUT2D eigenvalue weighted by Crippen LogP contribution is 2.23. The predicted molar refractivity (Wildman–Crippen MR) is 95.4 cm³/mol. The molecule has 130 valence electrons. The third-order valence-electron chi connectivity index (χ3n) is 4.63. The molecular formula is C20H21FN2O2. The molecule has 0 unspecified atom stereocenters. The number of aryl methyl sites for hydroxylation is 1. The van der Waals surface area contributed by atoms with Crippen molar-refractivity contribution in [3.63, 3.8) is 0 Å². The van der Waals surface area contributed by atoms with E-state index < -0.39 is 0 Å². The molecule has 1 aliphatic rings. The molecule has 2 aromatic rings. The van der Waals surface area contributed by atoms with Gasteiger partial charge < -0.3 is 10.2 Å². The fourth-order valence-electron chi connectivity index (χ4n) is 3.07. The van der Waals surface area contributed by atoms with Crippen molar-refractivity contribution >= 4 is 17.5 Å². The molecule has 1 fully saturated rings. The van der Waals surface area contributed by atoms with Crippen LogP contribution in [0.15, 0.2) is 36.4 Å². The summed E-state index contributed by atoms with van der Waals surface area (Å²) in [6.45, 7) is 5.01. The number of nitrogens with one attached hydrogen (secondary N) is 1. The minimum absolute atomic E-state index is 0.00345. The number of rotatable bonds is 3. The van der Waals surface area contributed by atoms with Crippen LogP contribution in [-0.2, 0) is 0 Å². The minimum atomic E-state index is -0.342. The Bertz CT molecular complexity index is 826. The lowest BCUT2D eigenvalue weighted by molar-refractivity contribution is 0.0791. The highest BCUT2D eigenvalue weighted by atomic mass is 19.1. The normalized spacial score (nSPS) is 13.8. The first kappa shape index (κ1) is 17.1. The van der Waals surface area contributed by atoms with Crippen LogP contribution >= 0.6 is 0 Å². The van der Waals surface area contributed by atoms with Gasteiger partial charge in [-0.2, -0.15) is 0 Å². The average molecular weight is 340 g/mol. The number of carbonyl (C=O) groups is 2. The predicted octanol–water partition coefficient (Wildman–Crippen LogP) is 3.93. The smallest absolute Gasteiger partial charge is 0.255 e. The molecule has 2 aromatic carbocycles. The summed E-state index contributed by atoms with van der Waals surface area (Å²) in [5, 5.41) is 2.83. The fraction of sp³-hybridized carbons (Fsp3) is 0.300. The molecule has 1 saturated heterocycles. The second kappa shape index (κ2) is 7.05. The van der Waals surface area contributed by atoms with Gasteiger partial charge in [0.25, 0.3) is 11.8 Å². The van der Waals surface area contributed by atoms with Crippen molar-refractivity contribution in [3.05, 3.63) is 64.5 Å². The van der Waals surface area contributed by atoms with Crippen molar-refractivity contribution in [3.8, 4) is 0 Å². The topological polar surface area (TPSA) is 49.4 Å². The van der Waals surface area contributed by atoms with Crippen LogP contribution in [0.4, 0.5) is 10.1 Å². The Morgan fingerprint density at radius 2 is 1.80 bits per heavy atom. The second-order valence-corrected chi connectivity index (χ2v) is 6.40. The summed E-state index contributed by atoms with van der Waals surface area (Å²) in [5.74, 6) is -0.661. The summed E-state index contributed by atoms with van der Waals surface area (Å²) < 4.78 is 13.4. The quantitative estimate of drug-likeness (QED) is 0.920. The molecule has 1 N–H and O–H groups in total. The van der Waals surface area contributed by atoms with Gasteiger partial charge in [0.15, 0.2) is 0 Å². The van der Waals surface area contributed by atoms with Crippen molar-refractivity contribution in [2.75, 3.05) is 18.4 Å². The van der Waals surface area contributed by atoms with Crippen LogP contribution in [0.5, 0.6) is 0 Å². The van der Waals surface area contributed by atoms with Crippen molar-refractivity contribution in [1.29, 1.82) is 0 Å². The van der Waals surface area contributed by atoms with Gasteiger partial charge in [-0.15, -0.1) is 0 Å². The van der Waals surface area contributed by atoms with E-state index in [1.807, 2.05) is 11.8 Å². The number of amides is 2. The van der Waals surface area contributed by atoms with E-state index >= 15 is 0 Å². The maximum Gasteiger partial charge on any atom is 0.255 e. The van der Waals surface area contributed by atoms with Gasteiger partial charge in [-0.25, -0.2) is 4.39 Å². The first-order valence-corrected chi connectivity index (χ1v) is 8.44. The molecule has 4 nitrogen and oxygen atoms in total. The van der Waals surface area contributed by atoms with Gasteiger partial charge in [-0.05, 0) is 68.1 Å². The van der Waals surface area contributed by atoms with Crippen molar-refractivity contribution < 1.29 is 14.0 Å². The maximum atomic E-state index is 13.4. The summed E-state index contributed by atoms with van der Waals surface area (Å²) in [4.78, 5) is 26.9. The van der Waals surface area contributed by atoms with Crippen molar-refractivity contribution in [1.82, 2.24) is 4.90 Å². The van der Waals surface area contributed by atoms with Gasteiger partial charge in [0.1, 0.15) is 5.82 Å². The molecule has 0 aliphatic carbocycles. The van der Waals surface area contributed by atoms with Gasteiger partial charge in [0, 0.05) is 29.9 Å². The molecule has 0 radical (unpaired) electrons. The van der Waals surface area contributed by atoms with Crippen LogP contribution < -0.4 is 5.32 Å². The van der Waals surface area contributed by atoms with E-state index in [1.165, 1.54) is 18.2 Å². The van der Waals surface area contributed by atoms with Gasteiger partial charge in [0.2, 0.25) is 0 Å². The van der Waals surface area contributed by atoms with E-state index in [1.54, 1.807) is 25.1 Å². The summed E-state index contributed by atoms with van der Waals surface area (Å²) in [7, 11) is 0. The largest absolute Gasteiger partial charge is 0.339 e. The van der Waals surface area contributed by atoms with E-state index in [0.717, 1.165) is 31.5 Å². The van der Waals surface area contributed by atoms with E-state index in [2.05, 4.69) is 5.32 Å². The highest BCUT2D eigenvalue weighted by Gasteiger charge is 2.22. The SMILES string of the molecule is Cc1cc(C(=O)Nc2cccc(C(=O)N3CCCC3)c2C)ccc1F. The zero-order valence-electron chi connectivity index (χ0n) is 14.4. The third-order valence-corrected chi connectivity index (χ3v) is 4.63. The lowest BCUT2D eigenvalue weighted by atomic mass is 10.0. The maximum absolute atomic E-state index is 13.4. The van der Waals surface area contributed by atoms with Crippen LogP contribution in [0.2, 0.25) is 0 Å². The Morgan fingerprint density at radius 1 is 1.08 bits per heavy atom. The van der Waals surface area contributed by atoms with E-state index in [4.69, 9.17) is 0 Å². The van der Waals surface area contributed by atoms with Crippen molar-refractivity contribution in [2.45, 2.75) is 26.7 Å². The molecule has 3 rings (SSSR count).